The van der Waals surface area contributed by atoms with Crippen LogP contribution < -0.4 is 10.6 Å². The smallest absolute Gasteiger partial charge is 0.232 e. The fraction of sp³-hybridized carbons (Fsp3) is 0.619. The summed E-state index contributed by atoms with van der Waals surface area (Å²) in [6, 6.07) is 7.97. The third-order valence-corrected chi connectivity index (χ3v) is 6.05. The maximum atomic E-state index is 12.3. The summed E-state index contributed by atoms with van der Waals surface area (Å²) < 4.78 is 5.50. The standard InChI is InChI=1S/C21H31N5O2.HI/c1-22-21(26-11-9-25(10-12-26)14-16-7-13-28-15-16)23-8-6-18-17-4-2-3-5-19(17)24-20(18)27;/h2-5,16,18H,6-15H2,1H3,(H,22,23)(H,24,27);1H. The van der Waals surface area contributed by atoms with Crippen LogP contribution in [0.5, 0.6) is 0 Å². The number of carbonyl (C=O) groups is 1. The zero-order chi connectivity index (χ0) is 19.3. The van der Waals surface area contributed by atoms with Crippen LogP contribution in [0.4, 0.5) is 5.69 Å². The van der Waals surface area contributed by atoms with Crippen LogP contribution in [0.2, 0.25) is 0 Å². The number of guanidine groups is 1. The minimum absolute atomic E-state index is 0. The van der Waals surface area contributed by atoms with Crippen LogP contribution >= 0.6 is 24.0 Å². The number of nitrogens with one attached hydrogen (secondary N) is 2. The third kappa shape index (κ3) is 5.40. The number of hydrogen-bond acceptors (Lipinski definition) is 4. The van der Waals surface area contributed by atoms with Crippen molar-refractivity contribution in [2.75, 3.05) is 64.8 Å². The number of benzene rings is 1. The summed E-state index contributed by atoms with van der Waals surface area (Å²) in [7, 11) is 1.84. The van der Waals surface area contributed by atoms with Crippen LogP contribution in [0, 0.1) is 5.92 Å². The normalized spacial score (nSPS) is 24.8. The molecule has 2 N–H and O–H groups in total. The van der Waals surface area contributed by atoms with Crippen LogP contribution in [0.3, 0.4) is 0 Å². The summed E-state index contributed by atoms with van der Waals surface area (Å²) in [6.45, 7) is 7.83. The van der Waals surface area contributed by atoms with E-state index in [0.717, 1.165) is 76.1 Å². The number of aliphatic imine (C=N–C) groups is 1. The molecule has 1 amide bonds. The molecule has 1 aromatic carbocycles. The summed E-state index contributed by atoms with van der Waals surface area (Å²) in [5.41, 5.74) is 2.06. The molecule has 2 unspecified atom stereocenters. The van der Waals surface area contributed by atoms with Gasteiger partial charge in [-0.05, 0) is 30.4 Å². The number of amides is 1. The molecule has 8 heteroatoms. The van der Waals surface area contributed by atoms with Gasteiger partial charge in [0.05, 0.1) is 12.5 Å². The Kier molecular flexibility index (Phi) is 8.14. The first-order valence-electron chi connectivity index (χ1n) is 10.4. The van der Waals surface area contributed by atoms with E-state index in [0.29, 0.717) is 5.92 Å². The zero-order valence-corrected chi connectivity index (χ0v) is 19.4. The minimum atomic E-state index is -0.0766. The van der Waals surface area contributed by atoms with E-state index in [1.165, 1.54) is 6.42 Å². The van der Waals surface area contributed by atoms with Crippen molar-refractivity contribution in [3.8, 4) is 0 Å². The topological polar surface area (TPSA) is 69.2 Å². The van der Waals surface area contributed by atoms with Gasteiger partial charge in [0.25, 0.3) is 0 Å². The highest BCUT2D eigenvalue weighted by atomic mass is 127. The van der Waals surface area contributed by atoms with Crippen molar-refractivity contribution < 1.29 is 9.53 Å². The van der Waals surface area contributed by atoms with E-state index in [1.807, 2.05) is 31.3 Å². The number of para-hydroxylation sites is 1. The van der Waals surface area contributed by atoms with Crippen molar-refractivity contribution in [2.24, 2.45) is 10.9 Å². The number of ether oxygens (including phenoxy) is 1. The van der Waals surface area contributed by atoms with Gasteiger partial charge in [-0.15, -0.1) is 24.0 Å². The number of fused-ring (bicyclic) bond motifs is 1. The number of nitrogens with zero attached hydrogens (tertiary/aromatic N) is 3. The van der Waals surface area contributed by atoms with Crippen molar-refractivity contribution in [1.82, 2.24) is 15.1 Å². The van der Waals surface area contributed by atoms with E-state index in [9.17, 15) is 4.79 Å². The summed E-state index contributed by atoms with van der Waals surface area (Å²) in [5, 5.41) is 6.44. The fourth-order valence-electron chi connectivity index (χ4n) is 4.46. The number of piperazine rings is 1. The maximum Gasteiger partial charge on any atom is 0.232 e. The lowest BCUT2D eigenvalue weighted by atomic mass is 9.97. The Bertz CT molecular complexity index is 715. The molecule has 0 spiro atoms. The van der Waals surface area contributed by atoms with Crippen LogP contribution in [-0.4, -0.2) is 81.2 Å². The fourth-order valence-corrected chi connectivity index (χ4v) is 4.46. The van der Waals surface area contributed by atoms with Crippen LogP contribution in [-0.2, 0) is 9.53 Å². The second kappa shape index (κ2) is 10.6. The molecule has 0 saturated carbocycles. The van der Waals surface area contributed by atoms with E-state index in [4.69, 9.17) is 4.74 Å². The number of carbonyl (C=O) groups excluding carboxylic acids is 1. The largest absolute Gasteiger partial charge is 0.381 e. The Labute approximate surface area is 190 Å². The summed E-state index contributed by atoms with van der Waals surface area (Å²) in [5.74, 6) is 1.66. The Morgan fingerprint density at radius 3 is 2.79 bits per heavy atom. The SMILES string of the molecule is CN=C(NCCC1C(=O)Nc2ccccc21)N1CCN(CC2CCOC2)CC1.I. The van der Waals surface area contributed by atoms with Crippen LogP contribution in [0.25, 0.3) is 0 Å². The van der Waals surface area contributed by atoms with Gasteiger partial charge in [0, 0.05) is 58.6 Å². The lowest BCUT2D eigenvalue weighted by Gasteiger charge is -2.37. The monoisotopic (exact) mass is 513 g/mol. The van der Waals surface area contributed by atoms with Crippen molar-refractivity contribution in [1.29, 1.82) is 0 Å². The maximum absolute atomic E-state index is 12.3. The predicted molar refractivity (Wildman–Crippen MR) is 126 cm³/mol. The molecular formula is C21H32IN5O2. The van der Waals surface area contributed by atoms with E-state index in [-0.39, 0.29) is 35.8 Å². The molecule has 0 bridgehead atoms. The van der Waals surface area contributed by atoms with Gasteiger partial charge < -0.3 is 20.3 Å². The van der Waals surface area contributed by atoms with Gasteiger partial charge in [-0.1, -0.05) is 18.2 Å². The van der Waals surface area contributed by atoms with Gasteiger partial charge in [-0.2, -0.15) is 0 Å². The molecule has 160 valence electrons. The highest BCUT2D eigenvalue weighted by Gasteiger charge is 2.30. The average Bonchev–Trinajstić information content (AvgIpc) is 3.33. The Balaban J connectivity index is 0.00000240. The second-order valence-electron chi connectivity index (χ2n) is 7.91. The van der Waals surface area contributed by atoms with Gasteiger partial charge in [-0.25, -0.2) is 0 Å². The molecule has 3 aliphatic heterocycles. The summed E-state index contributed by atoms with van der Waals surface area (Å²) >= 11 is 0. The number of anilines is 1. The number of hydrogen-bond donors (Lipinski definition) is 2. The third-order valence-electron chi connectivity index (χ3n) is 6.05. The molecule has 0 aromatic heterocycles. The van der Waals surface area contributed by atoms with Crippen LogP contribution in [0.15, 0.2) is 29.3 Å². The lowest BCUT2D eigenvalue weighted by Crippen LogP contribution is -2.53. The molecule has 2 atom stereocenters. The van der Waals surface area contributed by atoms with Crippen molar-refractivity contribution in [3.05, 3.63) is 29.8 Å². The Hall–Kier alpha value is -1.39. The van der Waals surface area contributed by atoms with Crippen LogP contribution in [0.1, 0.15) is 24.3 Å². The number of halogens is 1. The lowest BCUT2D eigenvalue weighted by molar-refractivity contribution is -0.117. The van der Waals surface area contributed by atoms with Crippen molar-refractivity contribution in [3.63, 3.8) is 0 Å². The second-order valence-corrected chi connectivity index (χ2v) is 7.91. The van der Waals surface area contributed by atoms with E-state index < -0.39 is 0 Å². The molecule has 29 heavy (non-hydrogen) atoms. The van der Waals surface area contributed by atoms with Gasteiger partial charge in [0.1, 0.15) is 0 Å². The average molecular weight is 513 g/mol. The first kappa shape index (κ1) is 22.3. The summed E-state index contributed by atoms with van der Waals surface area (Å²) in [6.07, 6.45) is 1.96. The first-order chi connectivity index (χ1) is 13.7. The van der Waals surface area contributed by atoms with Gasteiger partial charge in [-0.3, -0.25) is 14.7 Å². The minimum Gasteiger partial charge on any atom is -0.381 e. The molecule has 3 aliphatic rings. The Morgan fingerprint density at radius 1 is 1.28 bits per heavy atom. The van der Waals surface area contributed by atoms with Gasteiger partial charge in [0.2, 0.25) is 5.91 Å². The Morgan fingerprint density at radius 2 is 2.07 bits per heavy atom. The molecule has 7 nitrogen and oxygen atoms in total. The zero-order valence-electron chi connectivity index (χ0n) is 17.1. The molecule has 2 fully saturated rings. The van der Waals surface area contributed by atoms with Crippen molar-refractivity contribution >= 4 is 41.5 Å². The first-order valence-corrected chi connectivity index (χ1v) is 10.4. The quantitative estimate of drug-likeness (QED) is 0.358. The van der Waals surface area contributed by atoms with Gasteiger partial charge in [0.15, 0.2) is 5.96 Å². The number of rotatable bonds is 5. The molecule has 1 aromatic rings. The predicted octanol–water partition coefficient (Wildman–Crippen LogP) is 1.96. The van der Waals surface area contributed by atoms with E-state index in [1.54, 1.807) is 0 Å². The molecule has 3 heterocycles. The van der Waals surface area contributed by atoms with Crippen molar-refractivity contribution in [2.45, 2.75) is 18.8 Å². The highest BCUT2D eigenvalue weighted by Crippen LogP contribution is 2.33. The molecule has 0 radical (unpaired) electrons. The van der Waals surface area contributed by atoms with E-state index in [2.05, 4.69) is 25.4 Å². The molecular weight excluding hydrogens is 481 g/mol. The molecule has 4 rings (SSSR count). The summed E-state index contributed by atoms with van der Waals surface area (Å²) in [4.78, 5) is 21.6. The van der Waals surface area contributed by atoms with Gasteiger partial charge >= 0.3 is 0 Å². The highest BCUT2D eigenvalue weighted by molar-refractivity contribution is 14.0. The molecule has 0 aliphatic carbocycles. The molecule has 2 saturated heterocycles. The van der Waals surface area contributed by atoms with E-state index >= 15 is 0 Å².